The van der Waals surface area contributed by atoms with E-state index >= 15 is 0 Å². The van der Waals surface area contributed by atoms with Gasteiger partial charge in [0.05, 0.1) is 10.3 Å². The van der Waals surface area contributed by atoms with Crippen LogP contribution in [-0.4, -0.2) is 27.7 Å². The molecular formula is C13H17O3P2Y-. The van der Waals surface area contributed by atoms with Gasteiger partial charge in [-0.1, -0.05) is 0 Å². The van der Waals surface area contributed by atoms with E-state index in [1.54, 1.807) is 0 Å². The van der Waals surface area contributed by atoms with Crippen LogP contribution in [-0.2, 0) is 47.1 Å². The van der Waals surface area contributed by atoms with Gasteiger partial charge in [0.2, 0.25) is 0 Å². The molecule has 3 rings (SSSR count). The van der Waals surface area contributed by atoms with E-state index in [9.17, 15) is 14.4 Å². The van der Waals surface area contributed by atoms with Gasteiger partial charge in [0.15, 0.2) is 0 Å². The van der Waals surface area contributed by atoms with Crippen molar-refractivity contribution in [3.63, 3.8) is 0 Å². The average Bonchev–Trinajstić information content (AvgIpc) is 2.90. The van der Waals surface area contributed by atoms with Crippen LogP contribution in [0.4, 0.5) is 0 Å². The Hall–Kier alpha value is 0.844. The van der Waals surface area contributed by atoms with Crippen LogP contribution in [0.15, 0.2) is 0 Å². The average molecular weight is 372 g/mol. The summed E-state index contributed by atoms with van der Waals surface area (Å²) in [6.07, 6.45) is 4.32. The van der Waals surface area contributed by atoms with Crippen molar-refractivity contribution in [2.45, 2.75) is 36.5 Å². The minimum atomic E-state index is -0.819. The quantitative estimate of drug-likeness (QED) is 0.416. The van der Waals surface area contributed by atoms with Gasteiger partial charge in [-0.15, -0.1) is 18.5 Å². The third-order valence-electron chi connectivity index (χ3n) is 5.19. The second-order valence-electron chi connectivity index (χ2n) is 5.93. The molecule has 0 aromatic heterocycles. The van der Waals surface area contributed by atoms with Crippen molar-refractivity contribution in [1.29, 1.82) is 0 Å². The van der Waals surface area contributed by atoms with Crippen molar-refractivity contribution in [1.82, 2.24) is 0 Å². The van der Waals surface area contributed by atoms with Crippen LogP contribution >= 0.6 is 18.5 Å². The number of ketones is 3. The molecule has 0 spiro atoms. The van der Waals surface area contributed by atoms with Crippen LogP contribution in [0.5, 0.6) is 0 Å². The van der Waals surface area contributed by atoms with Crippen molar-refractivity contribution in [2.24, 2.45) is 17.8 Å². The molecule has 1 radical (unpaired) electrons. The summed E-state index contributed by atoms with van der Waals surface area (Å²) in [4.78, 5) is 36.4. The van der Waals surface area contributed by atoms with Gasteiger partial charge < -0.3 is 20.8 Å². The molecule has 0 heterocycles. The largest absolute Gasteiger partial charge is 0.335 e. The van der Waals surface area contributed by atoms with Gasteiger partial charge in [-0.05, 0) is 49.7 Å². The Bertz CT molecular complexity index is 447. The normalized spacial score (nSPS) is 47.0. The van der Waals surface area contributed by atoms with Gasteiger partial charge in [0.25, 0.3) is 0 Å². The molecule has 3 saturated carbocycles. The Morgan fingerprint density at radius 2 is 1.58 bits per heavy atom. The maximum atomic E-state index is 12.6. The number of Topliss-reactive ketones (excluding diaryl/α,β-unsaturated/α-hetero) is 3. The van der Waals surface area contributed by atoms with Crippen LogP contribution in [0.1, 0.15) is 26.2 Å². The SMILES string of the molecule is CC(=O)[CH-]C1C(=O)C2(P)C3CCC(C3)C2(P)C1=O.[Y]. The minimum Gasteiger partial charge on any atom is -0.335 e. The molecule has 0 saturated heterocycles. The zero-order valence-electron chi connectivity index (χ0n) is 10.9. The first-order valence-electron chi connectivity index (χ1n) is 6.35. The fourth-order valence-electron chi connectivity index (χ4n) is 4.31. The van der Waals surface area contributed by atoms with Crippen LogP contribution in [0.3, 0.4) is 0 Å². The van der Waals surface area contributed by atoms with Gasteiger partial charge in [-0.25, -0.2) is 0 Å². The Balaban J connectivity index is 0.00000133. The second-order valence-corrected chi connectivity index (χ2v) is 7.75. The maximum Gasteiger partial charge on any atom is 0.127 e. The number of carbonyl (C=O) groups excluding carboxylic acids is 3. The number of hydrogen-bond acceptors (Lipinski definition) is 3. The molecule has 2 bridgehead atoms. The summed E-state index contributed by atoms with van der Waals surface area (Å²) in [6.45, 7) is 1.40. The van der Waals surface area contributed by atoms with E-state index in [1.165, 1.54) is 13.3 Å². The monoisotopic (exact) mass is 372 g/mol. The number of fused-ring (bicyclic) bond motifs is 5. The third-order valence-corrected chi connectivity index (χ3v) is 7.99. The standard InChI is InChI=1S/C13H17O3P2.Y/c1-6(14)4-9-10(15)12(17)7-2-3-8(5-7)13(12,18)11(9)16;/h4,7-9H,2-3,5,17-18H2,1H3;/q-1;. The van der Waals surface area contributed by atoms with Gasteiger partial charge in [-0.2, -0.15) is 0 Å². The predicted molar refractivity (Wildman–Crippen MR) is 74.2 cm³/mol. The third kappa shape index (κ3) is 1.78. The fraction of sp³-hybridized carbons (Fsp3) is 0.692. The molecule has 6 heteroatoms. The summed E-state index contributed by atoms with van der Waals surface area (Å²) in [7, 11) is 5.36. The van der Waals surface area contributed by atoms with E-state index in [-0.39, 0.29) is 61.9 Å². The molecule has 0 aromatic carbocycles. The molecule has 3 aliphatic carbocycles. The van der Waals surface area contributed by atoms with Crippen molar-refractivity contribution in [3.05, 3.63) is 6.42 Å². The number of hydrogen-bond donors (Lipinski definition) is 0. The first-order chi connectivity index (χ1) is 8.33. The van der Waals surface area contributed by atoms with E-state index in [4.69, 9.17) is 0 Å². The van der Waals surface area contributed by atoms with Crippen molar-refractivity contribution >= 4 is 35.8 Å². The molecule has 0 aromatic rings. The smallest absolute Gasteiger partial charge is 0.127 e. The van der Waals surface area contributed by atoms with Gasteiger partial charge in [-0.3, -0.25) is 0 Å². The van der Waals surface area contributed by atoms with Gasteiger partial charge in [0, 0.05) is 32.7 Å². The topological polar surface area (TPSA) is 51.2 Å². The summed E-state index contributed by atoms with van der Waals surface area (Å²) in [5.41, 5.74) is 0. The first-order valence-corrected chi connectivity index (χ1v) is 7.50. The number of rotatable bonds is 2. The van der Waals surface area contributed by atoms with Crippen molar-refractivity contribution in [3.8, 4) is 0 Å². The van der Waals surface area contributed by atoms with E-state index in [0.717, 1.165) is 19.3 Å². The molecule has 0 N–H and O–H groups in total. The van der Waals surface area contributed by atoms with Crippen LogP contribution in [0, 0.1) is 24.2 Å². The van der Waals surface area contributed by atoms with Gasteiger partial charge >= 0.3 is 0 Å². The van der Waals surface area contributed by atoms with Crippen molar-refractivity contribution < 1.29 is 47.1 Å². The molecule has 6 unspecified atom stereocenters. The molecule has 0 amide bonds. The maximum absolute atomic E-state index is 12.6. The van der Waals surface area contributed by atoms with Gasteiger partial charge in [0.1, 0.15) is 11.6 Å². The summed E-state index contributed by atoms with van der Waals surface area (Å²) in [6, 6.07) is 0. The second kappa shape index (κ2) is 4.94. The van der Waals surface area contributed by atoms with E-state index in [0.29, 0.717) is 0 Å². The molecule has 3 nitrogen and oxygen atoms in total. The molecule has 101 valence electrons. The van der Waals surface area contributed by atoms with Crippen molar-refractivity contribution in [2.75, 3.05) is 0 Å². The summed E-state index contributed by atoms with van der Waals surface area (Å²) in [5, 5.41) is -1.29. The predicted octanol–water partition coefficient (Wildman–Crippen LogP) is 1.20. The molecule has 6 atom stereocenters. The Labute approximate surface area is 143 Å². The zero-order valence-corrected chi connectivity index (χ0v) is 16.0. The van der Waals surface area contributed by atoms with E-state index in [1.807, 2.05) is 0 Å². The molecule has 19 heavy (non-hydrogen) atoms. The molecule has 0 aliphatic heterocycles. The summed E-state index contributed by atoms with van der Waals surface area (Å²) >= 11 is 0. The molecular weight excluding hydrogens is 355 g/mol. The zero-order chi connectivity index (χ0) is 13.3. The molecule has 3 aliphatic rings. The Morgan fingerprint density at radius 1 is 1.16 bits per heavy atom. The Kier molecular flexibility index (Phi) is 4.22. The minimum absolute atomic E-state index is 0. The van der Waals surface area contributed by atoms with Crippen LogP contribution in [0.2, 0.25) is 0 Å². The number of carbonyl (C=O) groups is 3. The fourth-order valence-corrected chi connectivity index (χ4v) is 6.03. The summed E-state index contributed by atoms with van der Waals surface area (Å²) in [5.74, 6) is -0.569. The summed E-state index contributed by atoms with van der Waals surface area (Å²) < 4.78 is 0. The van der Waals surface area contributed by atoms with E-state index < -0.39 is 16.2 Å². The first kappa shape index (κ1) is 16.2. The Morgan fingerprint density at radius 3 is 1.95 bits per heavy atom. The molecule has 3 fully saturated rings. The van der Waals surface area contributed by atoms with E-state index in [2.05, 4.69) is 18.5 Å². The van der Waals surface area contributed by atoms with Crippen LogP contribution < -0.4 is 0 Å². The van der Waals surface area contributed by atoms with Crippen LogP contribution in [0.25, 0.3) is 0 Å².